The fourth-order valence-electron chi connectivity index (χ4n) is 0.899. The van der Waals surface area contributed by atoms with Crippen molar-refractivity contribution in [3.63, 3.8) is 0 Å². The molecule has 1 rings (SSSR count). The predicted octanol–water partition coefficient (Wildman–Crippen LogP) is 2.51. The highest BCUT2D eigenvalue weighted by molar-refractivity contribution is 6.28. The van der Waals surface area contributed by atoms with Crippen LogP contribution in [-0.2, 0) is 4.74 Å². The molecule has 1 unspecified atom stereocenters. The number of hydrogen-bond donors (Lipinski definition) is 0. The summed E-state index contributed by atoms with van der Waals surface area (Å²) < 4.78 is 29.2. The monoisotopic (exact) mass is 168 g/mol. The van der Waals surface area contributed by atoms with Crippen molar-refractivity contribution in [2.45, 2.75) is 18.9 Å². The van der Waals surface area contributed by atoms with Gasteiger partial charge in [0.2, 0.25) is 5.29 Å². The van der Waals surface area contributed by atoms with Crippen molar-refractivity contribution in [2.24, 2.45) is 0 Å². The minimum absolute atomic E-state index is 0.488. The molecule has 0 aliphatic carbocycles. The molecule has 0 aromatic carbocycles. The van der Waals surface area contributed by atoms with Crippen LogP contribution >= 0.6 is 11.6 Å². The fourth-order valence-corrected chi connectivity index (χ4v) is 1.02. The van der Waals surface area contributed by atoms with E-state index in [1.165, 1.54) is 0 Å². The average molecular weight is 169 g/mol. The SMILES string of the molecule is F/C(Cl)=C(\F)C1CCCO1. The highest BCUT2D eigenvalue weighted by Gasteiger charge is 2.23. The summed E-state index contributed by atoms with van der Waals surface area (Å²) >= 11 is 4.77. The van der Waals surface area contributed by atoms with Gasteiger partial charge in [-0.15, -0.1) is 0 Å². The van der Waals surface area contributed by atoms with Crippen molar-refractivity contribution in [3.05, 3.63) is 11.1 Å². The molecule has 1 aliphatic rings. The molecule has 1 heterocycles. The van der Waals surface area contributed by atoms with Gasteiger partial charge in [0, 0.05) is 6.61 Å². The summed E-state index contributed by atoms with van der Waals surface area (Å²) in [7, 11) is 0. The summed E-state index contributed by atoms with van der Waals surface area (Å²) in [5, 5.41) is -1.29. The summed E-state index contributed by atoms with van der Waals surface area (Å²) in [6, 6.07) is 0. The number of hydrogen-bond acceptors (Lipinski definition) is 1. The van der Waals surface area contributed by atoms with Crippen molar-refractivity contribution >= 4 is 11.6 Å². The van der Waals surface area contributed by atoms with E-state index in [2.05, 4.69) is 0 Å². The van der Waals surface area contributed by atoms with Crippen LogP contribution in [0.15, 0.2) is 11.1 Å². The van der Waals surface area contributed by atoms with Gasteiger partial charge in [-0.1, -0.05) is 0 Å². The van der Waals surface area contributed by atoms with Crippen LogP contribution in [0.1, 0.15) is 12.8 Å². The lowest BCUT2D eigenvalue weighted by atomic mass is 10.2. The number of rotatable bonds is 1. The standard InChI is InChI=1S/C6H7ClF2O/c7-6(9)5(8)4-2-1-3-10-4/h4H,1-3H2/b6-5-. The van der Waals surface area contributed by atoms with Gasteiger partial charge in [-0.3, -0.25) is 0 Å². The minimum atomic E-state index is -1.29. The zero-order chi connectivity index (χ0) is 7.56. The van der Waals surface area contributed by atoms with Gasteiger partial charge in [0.1, 0.15) is 6.10 Å². The largest absolute Gasteiger partial charge is 0.371 e. The van der Waals surface area contributed by atoms with Gasteiger partial charge in [0.05, 0.1) is 0 Å². The maximum absolute atomic E-state index is 12.5. The third kappa shape index (κ3) is 1.67. The van der Waals surface area contributed by atoms with E-state index < -0.39 is 17.2 Å². The quantitative estimate of drug-likeness (QED) is 0.585. The molecule has 58 valence electrons. The Balaban J connectivity index is 2.56. The Kier molecular flexibility index (Phi) is 2.63. The van der Waals surface area contributed by atoms with Crippen molar-refractivity contribution in [2.75, 3.05) is 6.61 Å². The second-order valence-corrected chi connectivity index (χ2v) is 2.44. The fraction of sp³-hybridized carbons (Fsp3) is 0.667. The highest BCUT2D eigenvalue weighted by atomic mass is 35.5. The Morgan fingerprint density at radius 2 is 2.20 bits per heavy atom. The van der Waals surface area contributed by atoms with E-state index >= 15 is 0 Å². The Labute approximate surface area is 62.6 Å². The molecule has 1 atom stereocenters. The molecule has 0 bridgehead atoms. The molecule has 10 heavy (non-hydrogen) atoms. The van der Waals surface area contributed by atoms with Crippen LogP contribution < -0.4 is 0 Å². The van der Waals surface area contributed by atoms with Gasteiger partial charge in [-0.05, 0) is 24.4 Å². The van der Waals surface area contributed by atoms with Gasteiger partial charge in [-0.25, -0.2) is 4.39 Å². The van der Waals surface area contributed by atoms with Crippen LogP contribution in [0.4, 0.5) is 8.78 Å². The molecule has 1 fully saturated rings. The predicted molar refractivity (Wildman–Crippen MR) is 34.1 cm³/mol. The van der Waals surface area contributed by atoms with E-state index in [1.807, 2.05) is 0 Å². The zero-order valence-electron chi connectivity index (χ0n) is 5.24. The van der Waals surface area contributed by atoms with Crippen LogP contribution in [0.2, 0.25) is 0 Å². The first-order chi connectivity index (χ1) is 4.72. The first-order valence-electron chi connectivity index (χ1n) is 3.04. The molecule has 1 aliphatic heterocycles. The molecule has 0 spiro atoms. The lowest BCUT2D eigenvalue weighted by molar-refractivity contribution is 0.117. The molecule has 1 saturated heterocycles. The Bertz CT molecular complexity index is 148. The van der Waals surface area contributed by atoms with Crippen molar-refractivity contribution < 1.29 is 13.5 Å². The van der Waals surface area contributed by atoms with E-state index in [1.54, 1.807) is 0 Å². The minimum Gasteiger partial charge on any atom is -0.371 e. The van der Waals surface area contributed by atoms with Crippen LogP contribution in [0.25, 0.3) is 0 Å². The molecule has 0 aromatic heterocycles. The smallest absolute Gasteiger partial charge is 0.223 e. The maximum Gasteiger partial charge on any atom is 0.223 e. The van der Waals surface area contributed by atoms with Crippen LogP contribution in [0.3, 0.4) is 0 Å². The molecule has 1 nitrogen and oxygen atoms in total. The van der Waals surface area contributed by atoms with Crippen LogP contribution in [-0.4, -0.2) is 12.7 Å². The molecule has 0 radical (unpaired) electrons. The molecular formula is C6H7ClF2O. The molecule has 0 N–H and O–H groups in total. The first-order valence-corrected chi connectivity index (χ1v) is 3.42. The second kappa shape index (κ2) is 3.30. The third-order valence-corrected chi connectivity index (χ3v) is 1.57. The van der Waals surface area contributed by atoms with E-state index in [0.717, 1.165) is 6.42 Å². The highest BCUT2D eigenvalue weighted by Crippen LogP contribution is 2.25. The molecular weight excluding hydrogens is 162 g/mol. The van der Waals surface area contributed by atoms with E-state index in [0.29, 0.717) is 13.0 Å². The van der Waals surface area contributed by atoms with E-state index in [-0.39, 0.29) is 0 Å². The van der Waals surface area contributed by atoms with Crippen LogP contribution in [0.5, 0.6) is 0 Å². The first kappa shape index (κ1) is 7.95. The lowest BCUT2D eigenvalue weighted by Gasteiger charge is -2.03. The van der Waals surface area contributed by atoms with Crippen molar-refractivity contribution in [1.82, 2.24) is 0 Å². The second-order valence-electron chi connectivity index (χ2n) is 2.11. The normalized spacial score (nSPS) is 28.5. The van der Waals surface area contributed by atoms with Gasteiger partial charge in [0.25, 0.3) is 0 Å². The Morgan fingerprint density at radius 3 is 2.60 bits per heavy atom. The maximum atomic E-state index is 12.5. The lowest BCUT2D eigenvalue weighted by Crippen LogP contribution is -2.05. The summed E-state index contributed by atoms with van der Waals surface area (Å²) in [4.78, 5) is 0. The van der Waals surface area contributed by atoms with Gasteiger partial charge >= 0.3 is 0 Å². The molecule has 0 amide bonds. The van der Waals surface area contributed by atoms with Crippen LogP contribution in [0, 0.1) is 0 Å². The number of ether oxygens (including phenoxy) is 1. The van der Waals surface area contributed by atoms with Crippen molar-refractivity contribution in [1.29, 1.82) is 0 Å². The summed E-state index contributed by atoms with van der Waals surface area (Å²) in [6.45, 7) is 0.488. The zero-order valence-corrected chi connectivity index (χ0v) is 6.00. The Hall–Kier alpha value is -0.150. The van der Waals surface area contributed by atoms with Gasteiger partial charge < -0.3 is 4.74 Å². The van der Waals surface area contributed by atoms with Gasteiger partial charge in [0.15, 0.2) is 5.83 Å². The van der Waals surface area contributed by atoms with Crippen molar-refractivity contribution in [3.8, 4) is 0 Å². The Morgan fingerprint density at radius 1 is 1.50 bits per heavy atom. The molecule has 4 heteroatoms. The summed E-state index contributed by atoms with van der Waals surface area (Å²) in [6.07, 6.45) is 0.548. The topological polar surface area (TPSA) is 9.23 Å². The van der Waals surface area contributed by atoms with E-state index in [4.69, 9.17) is 16.3 Å². The average Bonchev–Trinajstić information content (AvgIpc) is 2.36. The molecule has 0 saturated carbocycles. The van der Waals surface area contributed by atoms with Gasteiger partial charge in [-0.2, -0.15) is 4.39 Å². The number of halogens is 3. The third-order valence-electron chi connectivity index (χ3n) is 1.39. The summed E-state index contributed by atoms with van der Waals surface area (Å²) in [5.41, 5.74) is 0. The molecule has 0 aromatic rings. The van der Waals surface area contributed by atoms with E-state index in [9.17, 15) is 8.78 Å². The summed E-state index contributed by atoms with van der Waals surface area (Å²) in [5.74, 6) is -0.973.